The van der Waals surface area contributed by atoms with Gasteiger partial charge in [0, 0.05) is 0 Å². The molecule has 0 spiro atoms. The van der Waals surface area contributed by atoms with E-state index in [0.717, 1.165) is 35.7 Å². The Kier molecular flexibility index (Phi) is 8.00. The summed E-state index contributed by atoms with van der Waals surface area (Å²) >= 11 is 0. The molecule has 0 radical (unpaired) electrons. The molecule has 2 aliphatic rings. The zero-order chi connectivity index (χ0) is 18.9. The van der Waals surface area contributed by atoms with Crippen molar-refractivity contribution in [3.63, 3.8) is 0 Å². The van der Waals surface area contributed by atoms with Crippen molar-refractivity contribution >= 4 is 0 Å². The third-order valence-electron chi connectivity index (χ3n) is 7.22. The Balaban J connectivity index is 1.33. The highest BCUT2D eigenvalue weighted by Gasteiger charge is 2.30. The smallest absolute Gasteiger partial charge is 0.0991 e. The molecule has 1 nitrogen and oxygen atoms in total. The largest absolute Gasteiger partial charge is 0.192 e. The third kappa shape index (κ3) is 6.24. The van der Waals surface area contributed by atoms with E-state index in [1.54, 1.807) is 0 Å². The van der Waals surface area contributed by atoms with E-state index in [4.69, 9.17) is 5.26 Å². The summed E-state index contributed by atoms with van der Waals surface area (Å²) in [4.78, 5) is 0. The standard InChI is InChI=1S/C26H37N/c1-2-5-21-12-16-25(17-13-21)26-18-14-23(15-19-26)7-4-3-6-22-8-10-24(20-27)11-9-22/h3-4,8-11,21,23,25-26H,2,5-7,12-19H2,1H3. The number of hydrogen-bond donors (Lipinski definition) is 0. The zero-order valence-electron chi connectivity index (χ0n) is 17.2. The van der Waals surface area contributed by atoms with Crippen LogP contribution in [0.4, 0.5) is 0 Å². The van der Waals surface area contributed by atoms with Crippen molar-refractivity contribution in [3.8, 4) is 6.07 Å². The molecule has 27 heavy (non-hydrogen) atoms. The Bertz CT molecular complexity index is 605. The first kappa shape index (κ1) is 20.2. The van der Waals surface area contributed by atoms with Crippen molar-refractivity contribution in [2.45, 2.75) is 84.0 Å². The van der Waals surface area contributed by atoms with Gasteiger partial charge in [-0.1, -0.05) is 56.9 Å². The molecule has 2 fully saturated rings. The van der Waals surface area contributed by atoms with Crippen LogP contribution in [0.2, 0.25) is 0 Å². The van der Waals surface area contributed by atoms with Crippen molar-refractivity contribution in [3.05, 3.63) is 47.5 Å². The van der Waals surface area contributed by atoms with Crippen molar-refractivity contribution < 1.29 is 0 Å². The Hall–Kier alpha value is -1.55. The molecule has 146 valence electrons. The lowest BCUT2D eigenvalue weighted by atomic mass is 9.68. The quantitative estimate of drug-likeness (QED) is 0.461. The van der Waals surface area contributed by atoms with E-state index in [-0.39, 0.29) is 0 Å². The Morgan fingerprint density at radius 3 is 2.00 bits per heavy atom. The van der Waals surface area contributed by atoms with Gasteiger partial charge in [0.2, 0.25) is 0 Å². The third-order valence-corrected chi connectivity index (χ3v) is 7.22. The monoisotopic (exact) mass is 363 g/mol. The summed E-state index contributed by atoms with van der Waals surface area (Å²) in [5.41, 5.74) is 2.05. The average Bonchev–Trinajstić information content (AvgIpc) is 2.73. The van der Waals surface area contributed by atoms with Gasteiger partial charge in [-0.25, -0.2) is 0 Å². The minimum absolute atomic E-state index is 0.748. The molecule has 0 aromatic heterocycles. The fraction of sp³-hybridized carbons (Fsp3) is 0.654. The van der Waals surface area contributed by atoms with Crippen LogP contribution in [0.15, 0.2) is 36.4 Å². The molecule has 1 aromatic carbocycles. The van der Waals surface area contributed by atoms with E-state index < -0.39 is 0 Å². The van der Waals surface area contributed by atoms with Crippen LogP contribution in [-0.4, -0.2) is 0 Å². The number of nitrogens with zero attached hydrogens (tertiary/aromatic N) is 1. The number of rotatable bonds is 7. The molecular formula is C26H37N. The number of allylic oxidation sites excluding steroid dienone is 2. The van der Waals surface area contributed by atoms with Crippen LogP contribution in [0.1, 0.15) is 88.7 Å². The lowest BCUT2D eigenvalue weighted by Crippen LogP contribution is -2.25. The van der Waals surface area contributed by atoms with Gasteiger partial charge in [-0.3, -0.25) is 0 Å². The highest BCUT2D eigenvalue weighted by Crippen LogP contribution is 2.42. The summed E-state index contributed by atoms with van der Waals surface area (Å²) in [6.45, 7) is 2.34. The van der Waals surface area contributed by atoms with Crippen molar-refractivity contribution in [1.29, 1.82) is 5.26 Å². The normalized spacial score (nSPS) is 28.9. The van der Waals surface area contributed by atoms with Gasteiger partial charge in [-0.05, 0) is 92.7 Å². The van der Waals surface area contributed by atoms with Gasteiger partial charge in [-0.15, -0.1) is 0 Å². The molecule has 2 saturated carbocycles. The second kappa shape index (κ2) is 10.7. The molecule has 3 rings (SSSR count). The molecule has 0 N–H and O–H groups in total. The first-order valence-electron chi connectivity index (χ1n) is 11.4. The van der Waals surface area contributed by atoms with E-state index in [9.17, 15) is 0 Å². The molecule has 0 atom stereocenters. The number of benzene rings is 1. The molecule has 1 aromatic rings. The van der Waals surface area contributed by atoms with E-state index >= 15 is 0 Å². The van der Waals surface area contributed by atoms with Gasteiger partial charge in [0.25, 0.3) is 0 Å². The molecule has 0 unspecified atom stereocenters. The molecular weight excluding hydrogens is 326 g/mol. The van der Waals surface area contributed by atoms with Gasteiger partial charge >= 0.3 is 0 Å². The van der Waals surface area contributed by atoms with Crippen LogP contribution in [0.25, 0.3) is 0 Å². The van der Waals surface area contributed by atoms with Gasteiger partial charge in [0.1, 0.15) is 0 Å². The lowest BCUT2D eigenvalue weighted by Gasteiger charge is -2.37. The predicted octanol–water partition coefficient (Wildman–Crippen LogP) is 7.46. The maximum atomic E-state index is 8.86. The summed E-state index contributed by atoms with van der Waals surface area (Å²) in [5, 5.41) is 8.86. The van der Waals surface area contributed by atoms with Crippen molar-refractivity contribution in [2.24, 2.45) is 23.7 Å². The Morgan fingerprint density at radius 2 is 1.44 bits per heavy atom. The Morgan fingerprint density at radius 1 is 0.852 bits per heavy atom. The fourth-order valence-electron chi connectivity index (χ4n) is 5.48. The number of hydrogen-bond acceptors (Lipinski definition) is 1. The first-order chi connectivity index (χ1) is 13.3. The first-order valence-corrected chi connectivity index (χ1v) is 11.4. The summed E-state index contributed by atoms with van der Waals surface area (Å²) in [6, 6.07) is 10.2. The fourth-order valence-corrected chi connectivity index (χ4v) is 5.48. The topological polar surface area (TPSA) is 23.8 Å². The second-order valence-electron chi connectivity index (χ2n) is 9.07. The predicted molar refractivity (Wildman–Crippen MR) is 114 cm³/mol. The SMILES string of the molecule is CCCC1CCC(C2CCC(CC=CCc3ccc(C#N)cc3)CC2)CC1. The number of nitriles is 1. The van der Waals surface area contributed by atoms with Crippen LogP contribution >= 0.6 is 0 Å². The summed E-state index contributed by atoms with van der Waals surface area (Å²) in [5.74, 6) is 4.04. The van der Waals surface area contributed by atoms with Crippen LogP contribution < -0.4 is 0 Å². The van der Waals surface area contributed by atoms with E-state index in [1.165, 1.54) is 76.2 Å². The molecule has 0 heterocycles. The van der Waals surface area contributed by atoms with Gasteiger partial charge in [-0.2, -0.15) is 5.26 Å². The van der Waals surface area contributed by atoms with Crippen LogP contribution in [0.3, 0.4) is 0 Å². The van der Waals surface area contributed by atoms with Crippen LogP contribution in [0.5, 0.6) is 0 Å². The minimum atomic E-state index is 0.748. The Labute approximate surface area is 166 Å². The van der Waals surface area contributed by atoms with Crippen LogP contribution in [-0.2, 0) is 6.42 Å². The lowest BCUT2D eigenvalue weighted by molar-refractivity contribution is 0.144. The van der Waals surface area contributed by atoms with Gasteiger partial charge in [0.05, 0.1) is 11.6 Å². The van der Waals surface area contributed by atoms with E-state index in [1.807, 2.05) is 12.1 Å². The van der Waals surface area contributed by atoms with Crippen molar-refractivity contribution in [1.82, 2.24) is 0 Å². The zero-order valence-corrected chi connectivity index (χ0v) is 17.2. The van der Waals surface area contributed by atoms with E-state index in [0.29, 0.717) is 0 Å². The molecule has 0 aliphatic heterocycles. The highest BCUT2D eigenvalue weighted by atomic mass is 14.4. The molecule has 0 amide bonds. The van der Waals surface area contributed by atoms with Gasteiger partial charge < -0.3 is 0 Å². The molecule has 2 aliphatic carbocycles. The van der Waals surface area contributed by atoms with E-state index in [2.05, 4.69) is 37.3 Å². The second-order valence-corrected chi connectivity index (χ2v) is 9.07. The molecule has 0 saturated heterocycles. The van der Waals surface area contributed by atoms with Gasteiger partial charge in [0.15, 0.2) is 0 Å². The van der Waals surface area contributed by atoms with Crippen LogP contribution in [0, 0.1) is 35.0 Å². The minimum Gasteiger partial charge on any atom is -0.192 e. The average molecular weight is 364 g/mol. The summed E-state index contributed by atoms with van der Waals surface area (Å²) in [7, 11) is 0. The molecule has 1 heteroatoms. The maximum Gasteiger partial charge on any atom is 0.0991 e. The summed E-state index contributed by atoms with van der Waals surface area (Å²) < 4.78 is 0. The highest BCUT2D eigenvalue weighted by molar-refractivity contribution is 5.32. The summed E-state index contributed by atoms with van der Waals surface area (Å²) in [6.07, 6.45) is 21.7. The van der Waals surface area contributed by atoms with Crippen molar-refractivity contribution in [2.75, 3.05) is 0 Å². The maximum absolute atomic E-state index is 8.86. The molecule has 0 bridgehead atoms.